The van der Waals surface area contributed by atoms with Crippen LogP contribution in [0.2, 0.25) is 0 Å². The van der Waals surface area contributed by atoms with Gasteiger partial charge in [-0.1, -0.05) is 0 Å². The molecule has 0 aliphatic heterocycles. The zero-order valence-electron chi connectivity index (χ0n) is 7.90. The zero-order chi connectivity index (χ0) is 11.0. The maximum atomic E-state index is 11.2. The summed E-state index contributed by atoms with van der Waals surface area (Å²) in [6, 6.07) is -0.298. The molecule has 0 radical (unpaired) electrons. The molecule has 2 atom stereocenters. The third-order valence-electron chi connectivity index (χ3n) is 2.83. The topological polar surface area (TPSA) is 108 Å². The van der Waals surface area contributed by atoms with Crippen LogP contribution in [0.4, 0.5) is 0 Å². The van der Waals surface area contributed by atoms with E-state index in [9.17, 15) is 14.4 Å². The van der Waals surface area contributed by atoms with Crippen LogP contribution in [0.5, 0.6) is 0 Å². The molecular weight excluding hydrogens is 202 g/mol. The summed E-state index contributed by atoms with van der Waals surface area (Å²) in [7, 11) is 0. The fourth-order valence-corrected chi connectivity index (χ4v) is 2.07. The fraction of sp³-hybridized carbons (Fsp3) is 0.625. The number of carboxylic acids is 1. The second-order valence-corrected chi connectivity index (χ2v) is 3.73. The molecule has 1 fully saturated rings. The number of hydrogen-bond acceptors (Lipinski definition) is 3. The molecule has 7 nitrogen and oxygen atoms in total. The number of nitrogens with one attached hydrogen (secondary N) is 2. The van der Waals surface area contributed by atoms with Crippen LogP contribution in [0.25, 0.3) is 0 Å². The first kappa shape index (κ1) is 9.75. The lowest BCUT2D eigenvalue weighted by atomic mass is 10.1. The second kappa shape index (κ2) is 3.41. The number of aromatic amines is 2. The van der Waals surface area contributed by atoms with Crippen molar-refractivity contribution in [2.75, 3.05) is 0 Å². The summed E-state index contributed by atoms with van der Waals surface area (Å²) in [5.74, 6) is -1.31. The SMILES string of the molecule is O=C(O)C1CCC(n2c(=O)[nH][nH]c2=O)C1. The van der Waals surface area contributed by atoms with Gasteiger partial charge in [0.15, 0.2) is 0 Å². The maximum absolute atomic E-state index is 11.2. The van der Waals surface area contributed by atoms with E-state index in [4.69, 9.17) is 5.11 Å². The summed E-state index contributed by atoms with van der Waals surface area (Å²) in [5, 5.41) is 13.1. The van der Waals surface area contributed by atoms with E-state index in [1.165, 1.54) is 0 Å². The Morgan fingerprint density at radius 1 is 1.27 bits per heavy atom. The summed E-state index contributed by atoms with van der Waals surface area (Å²) in [4.78, 5) is 33.2. The summed E-state index contributed by atoms with van der Waals surface area (Å²) >= 11 is 0. The zero-order valence-corrected chi connectivity index (χ0v) is 7.90. The van der Waals surface area contributed by atoms with Crippen molar-refractivity contribution in [1.29, 1.82) is 0 Å². The molecule has 15 heavy (non-hydrogen) atoms. The van der Waals surface area contributed by atoms with Crippen molar-refractivity contribution in [1.82, 2.24) is 14.8 Å². The Bertz CT molecular complexity index is 455. The third-order valence-corrected chi connectivity index (χ3v) is 2.83. The summed E-state index contributed by atoms with van der Waals surface area (Å²) in [6.07, 6.45) is 1.41. The van der Waals surface area contributed by atoms with Gasteiger partial charge in [0.1, 0.15) is 0 Å². The molecule has 1 aliphatic rings. The molecule has 1 saturated carbocycles. The minimum atomic E-state index is -0.863. The van der Waals surface area contributed by atoms with Crippen molar-refractivity contribution < 1.29 is 9.90 Å². The number of hydrogen-bond donors (Lipinski definition) is 3. The Hall–Kier alpha value is -1.79. The number of nitrogens with zero attached hydrogens (tertiary/aromatic N) is 1. The van der Waals surface area contributed by atoms with Crippen LogP contribution < -0.4 is 11.4 Å². The van der Waals surface area contributed by atoms with Gasteiger partial charge in [-0.15, -0.1) is 0 Å². The van der Waals surface area contributed by atoms with Gasteiger partial charge in [0.05, 0.1) is 5.92 Å². The Kier molecular flexibility index (Phi) is 2.22. The molecule has 0 aromatic carbocycles. The fourth-order valence-electron chi connectivity index (χ4n) is 2.07. The highest BCUT2D eigenvalue weighted by Crippen LogP contribution is 2.32. The first-order valence-electron chi connectivity index (χ1n) is 4.71. The number of carbonyl (C=O) groups is 1. The molecule has 3 N–H and O–H groups in total. The lowest BCUT2D eigenvalue weighted by molar-refractivity contribution is -0.141. The van der Waals surface area contributed by atoms with E-state index < -0.39 is 23.3 Å². The molecule has 1 heterocycles. The van der Waals surface area contributed by atoms with Crippen LogP contribution >= 0.6 is 0 Å². The van der Waals surface area contributed by atoms with Gasteiger partial charge in [0.25, 0.3) is 0 Å². The van der Waals surface area contributed by atoms with E-state index in [-0.39, 0.29) is 6.04 Å². The van der Waals surface area contributed by atoms with Crippen LogP contribution in [0.1, 0.15) is 25.3 Å². The lowest BCUT2D eigenvalue weighted by Crippen LogP contribution is -2.30. The van der Waals surface area contributed by atoms with Gasteiger partial charge < -0.3 is 5.11 Å². The minimum Gasteiger partial charge on any atom is -0.481 e. The molecule has 2 rings (SSSR count). The first-order valence-corrected chi connectivity index (χ1v) is 4.71. The van der Waals surface area contributed by atoms with E-state index in [0.717, 1.165) is 4.57 Å². The van der Waals surface area contributed by atoms with Crippen LogP contribution in [-0.2, 0) is 4.79 Å². The standard InChI is InChI=1S/C8H11N3O4/c12-6(13)4-1-2-5(3-4)11-7(14)9-10-8(11)15/h4-5H,1-3H2,(H,9,14)(H,10,15)(H,12,13). The third kappa shape index (κ3) is 1.60. The normalized spacial score (nSPS) is 25.6. The molecule has 0 amide bonds. The molecule has 1 aromatic rings. The van der Waals surface area contributed by atoms with Crippen LogP contribution in [0, 0.1) is 5.92 Å². The van der Waals surface area contributed by atoms with Gasteiger partial charge in [-0.05, 0) is 19.3 Å². The van der Waals surface area contributed by atoms with Crippen LogP contribution in [0.3, 0.4) is 0 Å². The Morgan fingerprint density at radius 2 is 1.87 bits per heavy atom. The van der Waals surface area contributed by atoms with E-state index in [2.05, 4.69) is 10.2 Å². The number of carboxylic acid groups (broad SMARTS) is 1. The molecule has 1 aromatic heterocycles. The number of aromatic nitrogens is 3. The summed E-state index contributed by atoms with van der Waals surface area (Å²) in [6.45, 7) is 0. The smallest absolute Gasteiger partial charge is 0.344 e. The largest absolute Gasteiger partial charge is 0.481 e. The van der Waals surface area contributed by atoms with Crippen molar-refractivity contribution in [2.24, 2.45) is 5.92 Å². The predicted molar refractivity (Wildman–Crippen MR) is 49.7 cm³/mol. The van der Waals surface area contributed by atoms with Gasteiger partial charge in [-0.25, -0.2) is 24.4 Å². The molecule has 0 spiro atoms. The number of aliphatic carboxylic acids is 1. The van der Waals surface area contributed by atoms with Gasteiger partial charge in [-0.2, -0.15) is 0 Å². The highest BCUT2D eigenvalue weighted by Gasteiger charge is 2.32. The van der Waals surface area contributed by atoms with Gasteiger partial charge in [-0.3, -0.25) is 4.79 Å². The first-order chi connectivity index (χ1) is 7.09. The Labute approximate surface area is 83.7 Å². The average molecular weight is 213 g/mol. The van der Waals surface area contributed by atoms with Crippen molar-refractivity contribution >= 4 is 5.97 Å². The van der Waals surface area contributed by atoms with Crippen molar-refractivity contribution in [3.05, 3.63) is 21.0 Å². The predicted octanol–water partition coefficient (Wildman–Crippen LogP) is -0.710. The quantitative estimate of drug-likeness (QED) is 0.603. The minimum absolute atomic E-state index is 0.298. The highest BCUT2D eigenvalue weighted by atomic mass is 16.4. The number of rotatable bonds is 2. The van der Waals surface area contributed by atoms with E-state index in [1.807, 2.05) is 0 Å². The van der Waals surface area contributed by atoms with Crippen molar-refractivity contribution in [3.8, 4) is 0 Å². The highest BCUT2D eigenvalue weighted by molar-refractivity contribution is 5.70. The molecule has 7 heteroatoms. The molecule has 2 unspecified atom stereocenters. The Balaban J connectivity index is 2.25. The van der Waals surface area contributed by atoms with Crippen LogP contribution in [-0.4, -0.2) is 25.8 Å². The average Bonchev–Trinajstić information content (AvgIpc) is 2.73. The molecular formula is C8H11N3O4. The van der Waals surface area contributed by atoms with E-state index in [1.54, 1.807) is 0 Å². The molecule has 0 saturated heterocycles. The van der Waals surface area contributed by atoms with Crippen molar-refractivity contribution in [3.63, 3.8) is 0 Å². The summed E-state index contributed by atoms with van der Waals surface area (Å²) in [5.41, 5.74) is -1.01. The molecule has 82 valence electrons. The molecule has 0 bridgehead atoms. The van der Waals surface area contributed by atoms with Gasteiger partial charge in [0.2, 0.25) is 0 Å². The lowest BCUT2D eigenvalue weighted by Gasteiger charge is -2.07. The van der Waals surface area contributed by atoms with E-state index in [0.29, 0.717) is 19.3 Å². The van der Waals surface area contributed by atoms with E-state index >= 15 is 0 Å². The molecule has 1 aliphatic carbocycles. The van der Waals surface area contributed by atoms with Gasteiger partial charge in [0, 0.05) is 6.04 Å². The maximum Gasteiger partial charge on any atom is 0.344 e. The van der Waals surface area contributed by atoms with Crippen LogP contribution in [0.15, 0.2) is 9.59 Å². The second-order valence-electron chi connectivity index (χ2n) is 3.73. The number of H-pyrrole nitrogens is 2. The van der Waals surface area contributed by atoms with Gasteiger partial charge >= 0.3 is 17.3 Å². The summed E-state index contributed by atoms with van der Waals surface area (Å²) < 4.78 is 1.06. The van der Waals surface area contributed by atoms with Crippen molar-refractivity contribution in [2.45, 2.75) is 25.3 Å². The Morgan fingerprint density at radius 3 is 2.33 bits per heavy atom. The monoisotopic (exact) mass is 213 g/mol.